The van der Waals surface area contributed by atoms with Gasteiger partial charge in [-0.05, 0) is 18.4 Å². The van der Waals surface area contributed by atoms with E-state index in [9.17, 15) is 4.79 Å². The number of carbonyl (C=O) groups is 1. The second kappa shape index (κ2) is 7.52. The highest BCUT2D eigenvalue weighted by atomic mass is 16.5. The van der Waals surface area contributed by atoms with E-state index in [0.717, 1.165) is 30.3 Å². The largest absolute Gasteiger partial charge is 0.371 e. The number of carbonyl (C=O) groups excluding carboxylic acids is 1. The Morgan fingerprint density at radius 2 is 2.16 bits per heavy atom. The van der Waals surface area contributed by atoms with Crippen molar-refractivity contribution in [3.05, 3.63) is 24.0 Å². The summed E-state index contributed by atoms with van der Waals surface area (Å²) >= 11 is 0. The van der Waals surface area contributed by atoms with Crippen molar-refractivity contribution in [3.8, 4) is 0 Å². The zero-order chi connectivity index (χ0) is 18.0. The van der Waals surface area contributed by atoms with Crippen LogP contribution in [0.25, 0.3) is 11.0 Å². The summed E-state index contributed by atoms with van der Waals surface area (Å²) < 4.78 is 7.97. The molecule has 25 heavy (non-hydrogen) atoms. The molecule has 1 aliphatic heterocycles. The average Bonchev–Trinajstić information content (AvgIpc) is 2.99. The van der Waals surface area contributed by atoms with Gasteiger partial charge in [0.1, 0.15) is 5.52 Å². The summed E-state index contributed by atoms with van der Waals surface area (Å²) in [6.45, 7) is 7.78. The van der Waals surface area contributed by atoms with Crippen LogP contribution in [0.4, 0.5) is 0 Å². The van der Waals surface area contributed by atoms with E-state index in [-0.39, 0.29) is 18.1 Å². The third kappa shape index (κ3) is 3.84. The lowest BCUT2D eigenvalue weighted by molar-refractivity contribution is -0.0962. The first-order chi connectivity index (χ1) is 12.0. The molecule has 0 aromatic carbocycles. The van der Waals surface area contributed by atoms with Gasteiger partial charge in [0.15, 0.2) is 0 Å². The van der Waals surface area contributed by atoms with Gasteiger partial charge in [0.25, 0.3) is 5.91 Å². The highest BCUT2D eigenvalue weighted by Crippen LogP contribution is 2.23. The van der Waals surface area contributed by atoms with Crippen molar-refractivity contribution in [1.82, 2.24) is 19.7 Å². The molecule has 6 nitrogen and oxygen atoms in total. The molecule has 2 aromatic heterocycles. The van der Waals surface area contributed by atoms with Gasteiger partial charge >= 0.3 is 0 Å². The van der Waals surface area contributed by atoms with Gasteiger partial charge in [0, 0.05) is 26.3 Å². The maximum Gasteiger partial charge on any atom is 0.255 e. The summed E-state index contributed by atoms with van der Waals surface area (Å²) in [4.78, 5) is 19.4. The Hall–Kier alpha value is -1.95. The van der Waals surface area contributed by atoms with Gasteiger partial charge in [0.05, 0.1) is 29.5 Å². The predicted octanol–water partition coefficient (Wildman–Crippen LogP) is 3.02. The van der Waals surface area contributed by atoms with Crippen LogP contribution in [0.5, 0.6) is 0 Å². The molecule has 3 rings (SSSR count). The molecule has 0 aliphatic carbocycles. The molecule has 3 heterocycles. The molecule has 0 spiro atoms. The molecule has 1 fully saturated rings. The van der Waals surface area contributed by atoms with Crippen molar-refractivity contribution in [2.24, 2.45) is 13.0 Å². The molecular formula is C19H28N4O2. The smallest absolute Gasteiger partial charge is 0.255 e. The summed E-state index contributed by atoms with van der Waals surface area (Å²) in [5.74, 6) is 0.420. The van der Waals surface area contributed by atoms with E-state index in [1.165, 1.54) is 0 Å². The minimum absolute atomic E-state index is 0.0334. The molecule has 0 N–H and O–H groups in total. The third-order valence-electron chi connectivity index (χ3n) is 4.95. The predicted molar refractivity (Wildman–Crippen MR) is 97.4 cm³/mol. The highest BCUT2D eigenvalue weighted by Gasteiger charge is 2.32. The normalized spacial score (nSPS) is 21.2. The Kier molecular flexibility index (Phi) is 5.37. The van der Waals surface area contributed by atoms with Crippen LogP contribution in [0.3, 0.4) is 0 Å². The fourth-order valence-corrected chi connectivity index (χ4v) is 3.32. The van der Waals surface area contributed by atoms with E-state index in [2.05, 4.69) is 30.9 Å². The fraction of sp³-hybridized carbons (Fsp3) is 0.632. The number of aryl methyl sites for hydroxylation is 1. The van der Waals surface area contributed by atoms with Crippen molar-refractivity contribution < 1.29 is 9.53 Å². The second-order valence-electron chi connectivity index (χ2n) is 7.29. The average molecular weight is 344 g/mol. The van der Waals surface area contributed by atoms with E-state index in [4.69, 9.17) is 4.74 Å². The van der Waals surface area contributed by atoms with Gasteiger partial charge in [-0.2, -0.15) is 5.10 Å². The minimum atomic E-state index is 0.0334. The SMILES string of the molecule is CCCC[C@@H]1CN(C(=O)c2cnc3cnn(C)c3c2)C[C@H](C(C)C)O1. The van der Waals surface area contributed by atoms with Crippen molar-refractivity contribution in [3.63, 3.8) is 0 Å². The van der Waals surface area contributed by atoms with Gasteiger partial charge in [0.2, 0.25) is 0 Å². The number of fused-ring (bicyclic) bond motifs is 1. The minimum Gasteiger partial charge on any atom is -0.371 e. The highest BCUT2D eigenvalue weighted by molar-refractivity contribution is 5.96. The molecule has 2 aromatic rings. The van der Waals surface area contributed by atoms with Crippen molar-refractivity contribution in [2.45, 2.75) is 52.2 Å². The van der Waals surface area contributed by atoms with Gasteiger partial charge < -0.3 is 9.64 Å². The topological polar surface area (TPSA) is 60.2 Å². The number of morpholine rings is 1. The lowest BCUT2D eigenvalue weighted by atomic mass is 10.0. The van der Waals surface area contributed by atoms with Gasteiger partial charge in [-0.3, -0.25) is 14.5 Å². The first-order valence-electron chi connectivity index (χ1n) is 9.22. The molecule has 0 bridgehead atoms. The van der Waals surface area contributed by atoms with Crippen LogP contribution in [0.15, 0.2) is 18.5 Å². The Labute approximate surface area is 149 Å². The first-order valence-corrected chi connectivity index (χ1v) is 9.22. The van der Waals surface area contributed by atoms with Crippen LogP contribution in [0.1, 0.15) is 50.4 Å². The van der Waals surface area contributed by atoms with Crippen LogP contribution >= 0.6 is 0 Å². The van der Waals surface area contributed by atoms with Gasteiger partial charge in [-0.1, -0.05) is 33.6 Å². The number of ether oxygens (including phenoxy) is 1. The Bertz CT molecular complexity index is 740. The van der Waals surface area contributed by atoms with E-state index in [1.54, 1.807) is 17.1 Å². The molecular weight excluding hydrogens is 316 g/mol. The van der Waals surface area contributed by atoms with Crippen molar-refractivity contribution in [1.29, 1.82) is 0 Å². The number of hydrogen-bond acceptors (Lipinski definition) is 4. The Morgan fingerprint density at radius 3 is 2.88 bits per heavy atom. The van der Waals surface area contributed by atoms with E-state index in [0.29, 0.717) is 24.6 Å². The van der Waals surface area contributed by atoms with Crippen molar-refractivity contribution >= 4 is 16.9 Å². The molecule has 6 heteroatoms. The van der Waals surface area contributed by atoms with Crippen molar-refractivity contribution in [2.75, 3.05) is 13.1 Å². The number of nitrogens with zero attached hydrogens (tertiary/aromatic N) is 4. The van der Waals surface area contributed by atoms with E-state index in [1.807, 2.05) is 18.0 Å². The zero-order valence-electron chi connectivity index (χ0n) is 15.6. The lowest BCUT2D eigenvalue weighted by Crippen LogP contribution is -2.51. The quantitative estimate of drug-likeness (QED) is 0.836. The zero-order valence-corrected chi connectivity index (χ0v) is 15.6. The number of amides is 1. The molecule has 1 aliphatic rings. The summed E-state index contributed by atoms with van der Waals surface area (Å²) in [7, 11) is 1.86. The molecule has 136 valence electrons. The molecule has 1 amide bonds. The number of aromatic nitrogens is 3. The van der Waals surface area contributed by atoms with Gasteiger partial charge in [-0.25, -0.2) is 0 Å². The van der Waals surface area contributed by atoms with Crippen LogP contribution in [0, 0.1) is 5.92 Å². The molecule has 0 radical (unpaired) electrons. The number of unbranched alkanes of at least 4 members (excludes halogenated alkanes) is 1. The lowest BCUT2D eigenvalue weighted by Gasteiger charge is -2.40. The van der Waals surface area contributed by atoms with E-state index >= 15 is 0 Å². The van der Waals surface area contributed by atoms with Crippen LogP contribution in [-0.2, 0) is 11.8 Å². The molecule has 0 unspecified atom stereocenters. The number of rotatable bonds is 5. The first kappa shape index (κ1) is 17.9. The maximum absolute atomic E-state index is 13.1. The van der Waals surface area contributed by atoms with E-state index < -0.39 is 0 Å². The molecule has 2 atom stereocenters. The summed E-state index contributed by atoms with van der Waals surface area (Å²) in [6.07, 6.45) is 6.86. The maximum atomic E-state index is 13.1. The number of pyridine rings is 1. The summed E-state index contributed by atoms with van der Waals surface area (Å²) in [5, 5.41) is 4.20. The summed E-state index contributed by atoms with van der Waals surface area (Å²) in [5.41, 5.74) is 2.30. The Morgan fingerprint density at radius 1 is 1.36 bits per heavy atom. The second-order valence-corrected chi connectivity index (χ2v) is 7.29. The Balaban J connectivity index is 1.81. The van der Waals surface area contributed by atoms with Crippen LogP contribution in [0.2, 0.25) is 0 Å². The van der Waals surface area contributed by atoms with Crippen LogP contribution < -0.4 is 0 Å². The standard InChI is InChI=1S/C19H28N4O2/c1-5-6-7-15-11-23(12-18(25-15)13(2)3)19(24)14-8-17-16(20-9-14)10-21-22(17)4/h8-10,13,15,18H,5-7,11-12H2,1-4H3/t15-,18-/m1/s1. The third-order valence-corrected chi connectivity index (χ3v) is 4.95. The van der Waals surface area contributed by atoms with Gasteiger partial charge in [-0.15, -0.1) is 0 Å². The molecule has 0 saturated carbocycles. The van der Waals surface area contributed by atoms with Crippen LogP contribution in [-0.4, -0.2) is 50.9 Å². The monoisotopic (exact) mass is 344 g/mol. The fourth-order valence-electron chi connectivity index (χ4n) is 3.32. The molecule has 1 saturated heterocycles. The number of hydrogen-bond donors (Lipinski definition) is 0. The summed E-state index contributed by atoms with van der Waals surface area (Å²) in [6, 6.07) is 1.89.